The van der Waals surface area contributed by atoms with E-state index < -0.39 is 18.9 Å². The monoisotopic (exact) mass is 217 g/mol. The number of rotatable bonds is 4. The molecule has 0 aliphatic rings. The van der Waals surface area contributed by atoms with Gasteiger partial charge in [-0.1, -0.05) is 0 Å². The summed E-state index contributed by atoms with van der Waals surface area (Å²) in [5.74, 6) is -1.69. The molecule has 0 aliphatic carbocycles. The third-order valence-electron chi connectivity index (χ3n) is 1.86. The molecule has 1 rings (SSSR count). The van der Waals surface area contributed by atoms with Crippen LogP contribution in [0.3, 0.4) is 0 Å². The number of halogens is 2. The quantitative estimate of drug-likeness (QED) is 0.780. The molecule has 0 saturated carbocycles. The summed E-state index contributed by atoms with van der Waals surface area (Å²) in [5.41, 5.74) is -0.187. The van der Waals surface area contributed by atoms with E-state index in [9.17, 15) is 18.4 Å². The molecule has 0 unspecified atom stereocenters. The molecule has 0 amide bonds. The Morgan fingerprint density at radius 3 is 2.53 bits per heavy atom. The minimum atomic E-state index is -2.66. The first-order valence-electron chi connectivity index (χ1n) is 4.14. The summed E-state index contributed by atoms with van der Waals surface area (Å²) in [7, 11) is 0. The lowest BCUT2D eigenvalue weighted by atomic mass is 10.2. The molecule has 0 bridgehead atoms. The van der Waals surface area contributed by atoms with Crippen LogP contribution < -0.4 is 0 Å². The number of carboxylic acids is 1. The highest BCUT2D eigenvalue weighted by molar-refractivity contribution is 5.97. The molecule has 0 spiro atoms. The standard InChI is InChI=1S/C9H9F2NO3/c1-5(13)6-2-7(9(14)15)12(3-6)4-8(10)11/h2-3,8H,4H2,1H3,(H,14,15). The molecular formula is C9H9F2NO3. The Bertz CT molecular complexity index is 398. The Morgan fingerprint density at radius 1 is 1.53 bits per heavy atom. The predicted molar refractivity (Wildman–Crippen MR) is 47.4 cm³/mol. The molecule has 0 saturated heterocycles. The number of carboxylic acid groups (broad SMARTS) is 1. The van der Waals surface area contributed by atoms with Crippen LogP contribution in [0.5, 0.6) is 0 Å². The van der Waals surface area contributed by atoms with Gasteiger partial charge in [-0.2, -0.15) is 0 Å². The number of hydrogen-bond donors (Lipinski definition) is 1. The summed E-state index contributed by atoms with van der Waals surface area (Å²) in [6.45, 7) is 0.516. The second-order valence-corrected chi connectivity index (χ2v) is 3.02. The molecular weight excluding hydrogens is 208 g/mol. The largest absolute Gasteiger partial charge is 0.477 e. The van der Waals surface area contributed by atoms with Gasteiger partial charge in [-0.15, -0.1) is 0 Å². The number of ketones is 1. The van der Waals surface area contributed by atoms with Crippen LogP contribution in [0.1, 0.15) is 27.8 Å². The normalized spacial score (nSPS) is 10.7. The fourth-order valence-corrected chi connectivity index (χ4v) is 1.18. The van der Waals surface area contributed by atoms with Crippen LogP contribution in [0.25, 0.3) is 0 Å². The molecule has 1 aromatic rings. The Kier molecular flexibility index (Phi) is 3.18. The number of aromatic carboxylic acids is 1. The smallest absolute Gasteiger partial charge is 0.352 e. The molecule has 4 nitrogen and oxygen atoms in total. The van der Waals surface area contributed by atoms with Crippen molar-refractivity contribution in [2.45, 2.75) is 19.9 Å². The topological polar surface area (TPSA) is 59.3 Å². The molecule has 0 fully saturated rings. The Hall–Kier alpha value is -1.72. The van der Waals surface area contributed by atoms with Gasteiger partial charge >= 0.3 is 5.97 Å². The van der Waals surface area contributed by atoms with E-state index in [1.54, 1.807) is 0 Å². The highest BCUT2D eigenvalue weighted by Crippen LogP contribution is 2.12. The zero-order chi connectivity index (χ0) is 11.6. The fourth-order valence-electron chi connectivity index (χ4n) is 1.18. The molecule has 0 aliphatic heterocycles. The molecule has 6 heteroatoms. The van der Waals surface area contributed by atoms with Crippen molar-refractivity contribution in [2.24, 2.45) is 0 Å². The molecule has 82 valence electrons. The second kappa shape index (κ2) is 4.20. The van der Waals surface area contributed by atoms with Crippen molar-refractivity contribution in [1.29, 1.82) is 0 Å². The minimum Gasteiger partial charge on any atom is -0.477 e. The Balaban J connectivity index is 3.11. The van der Waals surface area contributed by atoms with E-state index >= 15 is 0 Å². The van der Waals surface area contributed by atoms with Crippen molar-refractivity contribution in [3.05, 3.63) is 23.5 Å². The molecule has 1 heterocycles. The summed E-state index contributed by atoms with van der Waals surface area (Å²) in [5, 5.41) is 8.70. The van der Waals surface area contributed by atoms with Crippen molar-refractivity contribution in [3.63, 3.8) is 0 Å². The van der Waals surface area contributed by atoms with Crippen LogP contribution in [0, 0.1) is 0 Å². The number of Topliss-reactive ketones (excluding diaryl/α,β-unsaturated/α-hetero) is 1. The second-order valence-electron chi connectivity index (χ2n) is 3.02. The third-order valence-corrected chi connectivity index (χ3v) is 1.86. The summed E-state index contributed by atoms with van der Waals surface area (Å²) in [6, 6.07) is 1.09. The van der Waals surface area contributed by atoms with E-state index in [-0.39, 0.29) is 17.0 Å². The van der Waals surface area contributed by atoms with Gasteiger partial charge in [-0.25, -0.2) is 13.6 Å². The maximum absolute atomic E-state index is 12.1. The SMILES string of the molecule is CC(=O)c1cc(C(=O)O)n(CC(F)F)c1. The number of alkyl halides is 2. The number of carbonyl (C=O) groups excluding carboxylic acids is 1. The maximum Gasteiger partial charge on any atom is 0.352 e. The van der Waals surface area contributed by atoms with Crippen molar-refractivity contribution in [2.75, 3.05) is 0 Å². The summed E-state index contributed by atoms with van der Waals surface area (Å²) < 4.78 is 25.0. The zero-order valence-electron chi connectivity index (χ0n) is 7.91. The van der Waals surface area contributed by atoms with Gasteiger partial charge in [-0.05, 0) is 13.0 Å². The first kappa shape index (κ1) is 11.4. The van der Waals surface area contributed by atoms with Gasteiger partial charge in [0.1, 0.15) is 5.69 Å². The highest BCUT2D eigenvalue weighted by atomic mass is 19.3. The van der Waals surface area contributed by atoms with E-state index in [0.717, 1.165) is 16.8 Å². The number of nitrogens with zero attached hydrogens (tertiary/aromatic N) is 1. The molecule has 0 radical (unpaired) electrons. The Morgan fingerprint density at radius 2 is 2.13 bits per heavy atom. The lowest BCUT2D eigenvalue weighted by Gasteiger charge is -2.03. The van der Waals surface area contributed by atoms with Crippen LogP contribution in [0.15, 0.2) is 12.3 Å². The number of hydrogen-bond acceptors (Lipinski definition) is 2. The third kappa shape index (κ3) is 2.61. The average molecular weight is 217 g/mol. The van der Waals surface area contributed by atoms with E-state index in [2.05, 4.69) is 0 Å². The van der Waals surface area contributed by atoms with E-state index in [1.165, 1.54) is 6.92 Å². The summed E-state index contributed by atoms with van der Waals surface area (Å²) in [6.07, 6.45) is -1.53. The van der Waals surface area contributed by atoms with Gasteiger partial charge in [0.05, 0.1) is 6.54 Å². The van der Waals surface area contributed by atoms with Crippen LogP contribution in [0.4, 0.5) is 8.78 Å². The van der Waals surface area contributed by atoms with Gasteiger partial charge in [-0.3, -0.25) is 4.79 Å². The van der Waals surface area contributed by atoms with E-state index in [1.807, 2.05) is 0 Å². The predicted octanol–water partition coefficient (Wildman–Crippen LogP) is 1.65. The first-order valence-corrected chi connectivity index (χ1v) is 4.14. The number of carbonyl (C=O) groups is 2. The minimum absolute atomic E-state index is 0.119. The van der Waals surface area contributed by atoms with E-state index in [4.69, 9.17) is 5.11 Å². The van der Waals surface area contributed by atoms with Gasteiger partial charge < -0.3 is 9.67 Å². The van der Waals surface area contributed by atoms with Crippen LogP contribution in [-0.2, 0) is 6.54 Å². The lowest BCUT2D eigenvalue weighted by molar-refractivity contribution is 0.0676. The molecule has 1 N–H and O–H groups in total. The lowest BCUT2D eigenvalue weighted by Crippen LogP contribution is -2.12. The molecule has 0 aromatic carbocycles. The van der Waals surface area contributed by atoms with Gasteiger partial charge in [0.25, 0.3) is 6.43 Å². The summed E-state index contributed by atoms with van der Waals surface area (Å²) in [4.78, 5) is 21.6. The van der Waals surface area contributed by atoms with Gasteiger partial charge in [0, 0.05) is 11.8 Å². The van der Waals surface area contributed by atoms with Crippen LogP contribution in [-0.4, -0.2) is 27.9 Å². The fraction of sp³-hybridized carbons (Fsp3) is 0.333. The van der Waals surface area contributed by atoms with Crippen molar-refractivity contribution >= 4 is 11.8 Å². The first-order chi connectivity index (χ1) is 6.91. The molecule has 15 heavy (non-hydrogen) atoms. The van der Waals surface area contributed by atoms with E-state index in [0.29, 0.717) is 0 Å². The van der Waals surface area contributed by atoms with Gasteiger partial charge in [0.2, 0.25) is 0 Å². The molecule has 0 atom stereocenters. The van der Waals surface area contributed by atoms with Crippen molar-refractivity contribution in [1.82, 2.24) is 4.57 Å². The Labute approximate surface area is 84.1 Å². The summed E-state index contributed by atoms with van der Waals surface area (Å²) >= 11 is 0. The maximum atomic E-state index is 12.1. The number of aromatic nitrogens is 1. The van der Waals surface area contributed by atoms with Crippen LogP contribution in [0.2, 0.25) is 0 Å². The average Bonchev–Trinajstić information content (AvgIpc) is 2.46. The van der Waals surface area contributed by atoms with Crippen molar-refractivity contribution < 1.29 is 23.5 Å². The molecule has 1 aromatic heterocycles. The van der Waals surface area contributed by atoms with Crippen molar-refractivity contribution in [3.8, 4) is 0 Å². The zero-order valence-corrected chi connectivity index (χ0v) is 7.91. The van der Waals surface area contributed by atoms with Crippen LogP contribution >= 0.6 is 0 Å². The van der Waals surface area contributed by atoms with Gasteiger partial charge in [0.15, 0.2) is 5.78 Å². The highest BCUT2D eigenvalue weighted by Gasteiger charge is 2.16.